The molecule has 0 radical (unpaired) electrons. The molecular weight excluding hydrogens is 1110 g/mol. The Kier molecular flexibility index (Phi) is 68.2. The summed E-state index contributed by atoms with van der Waals surface area (Å²) in [5, 5.41) is 0. The zero-order valence-corrected chi connectivity index (χ0v) is 60.4. The maximum atomic E-state index is 12.9. The number of carbonyl (C=O) groups excluding carboxylic acids is 2. The van der Waals surface area contributed by atoms with Gasteiger partial charge in [0, 0.05) is 12.8 Å². The van der Waals surface area contributed by atoms with Crippen LogP contribution in [0.4, 0.5) is 0 Å². The Morgan fingerprint density at radius 1 is 0.352 bits per heavy atom. The van der Waals surface area contributed by atoms with Gasteiger partial charge in [-0.3, -0.25) is 14.2 Å². The maximum Gasteiger partial charge on any atom is 0.306 e. The van der Waals surface area contributed by atoms with Crippen molar-refractivity contribution < 1.29 is 42.1 Å². The number of quaternary nitrogens is 1. The second-order valence-electron chi connectivity index (χ2n) is 27.7. The lowest BCUT2D eigenvalue weighted by Crippen LogP contribution is -2.37. The first-order chi connectivity index (χ1) is 43.0. The van der Waals surface area contributed by atoms with Crippen molar-refractivity contribution in [1.29, 1.82) is 0 Å². The number of phosphoric ester groups is 1. The normalized spacial score (nSPS) is 13.2. The Bertz CT molecular complexity index is 1580. The number of unbranched alkanes of at least 4 members (excludes halogenated alkanes) is 53. The van der Waals surface area contributed by atoms with Crippen LogP contribution in [0, 0.1) is 0 Å². The second-order valence-corrected chi connectivity index (χ2v) is 29.1. The second kappa shape index (κ2) is 69.6. The molecule has 0 saturated carbocycles. The van der Waals surface area contributed by atoms with Gasteiger partial charge in [0.2, 0.25) is 0 Å². The van der Waals surface area contributed by atoms with Gasteiger partial charge in [-0.15, -0.1) is 0 Å². The third-order valence-corrected chi connectivity index (χ3v) is 18.6. The molecule has 0 bridgehead atoms. The molecule has 0 aromatic carbocycles. The van der Waals surface area contributed by atoms with Crippen LogP contribution in [-0.2, 0) is 32.7 Å². The molecule has 2 unspecified atom stereocenters. The molecule has 0 fully saturated rings. The number of likely N-dealkylation sites (N-methyl/N-ethyl adjacent to an activating group) is 1. The number of nitrogens with zero attached hydrogens (tertiary/aromatic N) is 1. The lowest BCUT2D eigenvalue weighted by Gasteiger charge is -2.28. The van der Waals surface area contributed by atoms with E-state index in [-0.39, 0.29) is 32.0 Å². The highest BCUT2D eigenvalue weighted by atomic mass is 31.2. The number of hydrogen-bond donors (Lipinski definition) is 0. The van der Waals surface area contributed by atoms with Gasteiger partial charge in [0.1, 0.15) is 19.8 Å². The molecule has 0 amide bonds. The Hall–Kier alpha value is -1.77. The molecule has 0 N–H and O–H groups in total. The number of allylic oxidation sites excluding steroid dienone is 6. The fourth-order valence-electron chi connectivity index (χ4n) is 11.7. The lowest BCUT2D eigenvalue weighted by molar-refractivity contribution is -0.870. The minimum absolute atomic E-state index is 0.0274. The molecular formula is C78H150NO8P. The van der Waals surface area contributed by atoms with Crippen LogP contribution in [0.1, 0.15) is 399 Å². The average molecular weight is 1260 g/mol. The van der Waals surface area contributed by atoms with Gasteiger partial charge in [-0.1, -0.05) is 352 Å². The largest absolute Gasteiger partial charge is 0.756 e. The van der Waals surface area contributed by atoms with E-state index in [1.54, 1.807) is 0 Å². The number of esters is 2. The molecule has 0 spiro atoms. The van der Waals surface area contributed by atoms with Crippen LogP contribution in [0.25, 0.3) is 0 Å². The molecule has 0 aromatic rings. The SMILES string of the molecule is CCCCCCC/C=C\C/C=C\CCCCCCCCCCCCCCCCCCCCCCCCCCCC(=O)OC(COC(=O)CCCCCCCCCCCCCCCCC/C=C\CCCCCCCCCC)COP(=O)([O-])OCC[N+](C)(C)C. The molecule has 0 rings (SSSR count). The summed E-state index contributed by atoms with van der Waals surface area (Å²) in [5.41, 5.74) is 0. The first kappa shape index (κ1) is 86.2. The van der Waals surface area contributed by atoms with Crippen LogP contribution >= 0.6 is 7.82 Å². The lowest BCUT2D eigenvalue weighted by atomic mass is 10.0. The summed E-state index contributed by atoms with van der Waals surface area (Å²) in [7, 11) is 1.19. The van der Waals surface area contributed by atoms with Gasteiger partial charge in [-0.05, 0) is 70.6 Å². The summed E-state index contributed by atoms with van der Waals surface area (Å²) in [6.07, 6.45) is 89.8. The van der Waals surface area contributed by atoms with Crippen LogP contribution in [0.2, 0.25) is 0 Å². The summed E-state index contributed by atoms with van der Waals surface area (Å²) in [6.45, 7) is 4.31. The van der Waals surface area contributed by atoms with Crippen molar-refractivity contribution in [2.45, 2.75) is 405 Å². The highest BCUT2D eigenvalue weighted by Gasteiger charge is 2.22. The zero-order valence-electron chi connectivity index (χ0n) is 59.5. The summed E-state index contributed by atoms with van der Waals surface area (Å²) in [6, 6.07) is 0. The van der Waals surface area contributed by atoms with E-state index in [1.807, 2.05) is 21.1 Å². The third-order valence-electron chi connectivity index (χ3n) is 17.6. The zero-order chi connectivity index (χ0) is 64.1. The number of hydrogen-bond acceptors (Lipinski definition) is 8. The van der Waals surface area contributed by atoms with Gasteiger partial charge < -0.3 is 27.9 Å². The minimum Gasteiger partial charge on any atom is -0.756 e. The van der Waals surface area contributed by atoms with Gasteiger partial charge in [-0.2, -0.15) is 0 Å². The molecule has 0 aliphatic carbocycles. The van der Waals surface area contributed by atoms with Crippen LogP contribution in [-0.4, -0.2) is 70.0 Å². The van der Waals surface area contributed by atoms with Crippen molar-refractivity contribution >= 4 is 19.8 Å². The van der Waals surface area contributed by atoms with E-state index in [9.17, 15) is 19.0 Å². The first-order valence-electron chi connectivity index (χ1n) is 38.7. The van der Waals surface area contributed by atoms with Crippen LogP contribution in [0.3, 0.4) is 0 Å². The van der Waals surface area contributed by atoms with Crippen LogP contribution in [0.15, 0.2) is 36.5 Å². The van der Waals surface area contributed by atoms with Gasteiger partial charge in [-0.25, -0.2) is 0 Å². The van der Waals surface area contributed by atoms with Crippen molar-refractivity contribution in [2.75, 3.05) is 47.5 Å². The van der Waals surface area contributed by atoms with Gasteiger partial charge in [0.25, 0.3) is 7.82 Å². The van der Waals surface area contributed by atoms with E-state index in [4.69, 9.17) is 18.5 Å². The Morgan fingerprint density at radius 3 is 0.909 bits per heavy atom. The summed E-state index contributed by atoms with van der Waals surface area (Å²) in [5.74, 6) is -0.809. The predicted octanol–water partition coefficient (Wildman–Crippen LogP) is 24.8. The van der Waals surface area contributed by atoms with E-state index in [0.29, 0.717) is 17.4 Å². The average Bonchev–Trinajstić information content (AvgIpc) is 3.68. The topological polar surface area (TPSA) is 111 Å². The number of carbonyl (C=O) groups is 2. The Morgan fingerprint density at radius 2 is 0.614 bits per heavy atom. The highest BCUT2D eigenvalue weighted by Crippen LogP contribution is 2.38. The number of rotatable bonds is 73. The summed E-state index contributed by atoms with van der Waals surface area (Å²) in [4.78, 5) is 38.1. The van der Waals surface area contributed by atoms with E-state index in [0.717, 1.165) is 38.5 Å². The molecule has 9 nitrogen and oxygen atoms in total. The fraction of sp³-hybridized carbons (Fsp3) is 0.897. The highest BCUT2D eigenvalue weighted by molar-refractivity contribution is 7.45. The molecule has 0 heterocycles. The van der Waals surface area contributed by atoms with E-state index in [2.05, 4.69) is 50.3 Å². The Balaban J connectivity index is 3.92. The standard InChI is InChI=1S/C78H150NO8P/c1-6-8-10-12-14-16-18-20-22-24-26-28-30-32-34-35-36-37-38-39-40-41-42-43-45-47-49-51-53-55-57-59-61-63-65-67-69-71-78(81)87-76(75-86-88(82,83)85-73-72-79(3,4)5)74-84-77(80)70-68-66-64-62-60-58-56-54-52-50-48-46-44-33-31-29-27-25-23-21-19-17-15-13-11-9-7-2/h18,20,24-27,76H,6-17,19,21-23,28-75H2,1-5H3/b20-18-,26-24-,27-25-. The molecule has 0 aliphatic rings. The summed E-state index contributed by atoms with van der Waals surface area (Å²) < 4.78 is 34.4. The van der Waals surface area contributed by atoms with Gasteiger partial charge in [0.05, 0.1) is 27.7 Å². The number of ether oxygens (including phenoxy) is 2. The van der Waals surface area contributed by atoms with E-state index < -0.39 is 26.5 Å². The summed E-state index contributed by atoms with van der Waals surface area (Å²) >= 11 is 0. The van der Waals surface area contributed by atoms with E-state index >= 15 is 0 Å². The van der Waals surface area contributed by atoms with Crippen molar-refractivity contribution in [3.8, 4) is 0 Å². The number of phosphoric acid groups is 1. The van der Waals surface area contributed by atoms with Gasteiger partial charge in [0.15, 0.2) is 6.10 Å². The van der Waals surface area contributed by atoms with Gasteiger partial charge >= 0.3 is 11.9 Å². The quantitative estimate of drug-likeness (QED) is 0.0195. The predicted molar refractivity (Wildman–Crippen MR) is 379 cm³/mol. The molecule has 2 atom stereocenters. The first-order valence-corrected chi connectivity index (χ1v) is 40.2. The third kappa shape index (κ3) is 73.3. The van der Waals surface area contributed by atoms with E-state index in [1.165, 1.54) is 327 Å². The van der Waals surface area contributed by atoms with Crippen LogP contribution in [0.5, 0.6) is 0 Å². The Labute approximate surface area is 548 Å². The monoisotopic (exact) mass is 1260 g/mol. The van der Waals surface area contributed by atoms with Crippen molar-refractivity contribution in [2.24, 2.45) is 0 Å². The molecule has 0 aromatic heterocycles. The molecule has 0 saturated heterocycles. The van der Waals surface area contributed by atoms with Crippen LogP contribution < -0.4 is 4.89 Å². The van der Waals surface area contributed by atoms with Crippen molar-refractivity contribution in [3.05, 3.63) is 36.5 Å². The maximum absolute atomic E-state index is 12.9. The van der Waals surface area contributed by atoms with Crippen molar-refractivity contribution in [1.82, 2.24) is 0 Å². The smallest absolute Gasteiger partial charge is 0.306 e. The molecule has 520 valence electrons. The molecule has 88 heavy (non-hydrogen) atoms. The molecule has 10 heteroatoms. The van der Waals surface area contributed by atoms with Crippen molar-refractivity contribution in [3.63, 3.8) is 0 Å². The fourth-order valence-corrected chi connectivity index (χ4v) is 12.4. The minimum atomic E-state index is -4.64. The molecule has 0 aliphatic heterocycles.